The number of carbonyl (C=O) groups is 2. The van der Waals surface area contributed by atoms with Crippen LogP contribution in [0.5, 0.6) is 0 Å². The molecule has 7 nitrogen and oxygen atoms in total. The lowest BCUT2D eigenvalue weighted by atomic mass is 10.0. The van der Waals surface area contributed by atoms with Gasteiger partial charge >= 0.3 is 6.03 Å². The number of carbonyl (C=O) groups excluding carboxylic acids is 2. The highest BCUT2D eigenvalue weighted by atomic mass is 35.5. The minimum Gasteiger partial charge on any atom is -0.366 e. The SMILES string of the molecule is O=C1COC2CCN(C(=O)N3CC(N4Cc5cccc(Cl)c5C4)C3)CC2N1. The zero-order chi connectivity index (χ0) is 18.5. The van der Waals surface area contributed by atoms with E-state index in [1.165, 1.54) is 11.1 Å². The number of amides is 3. The molecule has 2 atom stereocenters. The Bertz CT molecular complexity index is 782. The quantitative estimate of drug-likeness (QED) is 0.778. The van der Waals surface area contributed by atoms with Gasteiger partial charge in [-0.25, -0.2) is 4.79 Å². The van der Waals surface area contributed by atoms with Crippen LogP contribution >= 0.6 is 11.6 Å². The van der Waals surface area contributed by atoms with Crippen LogP contribution in [0.25, 0.3) is 0 Å². The van der Waals surface area contributed by atoms with E-state index in [1.807, 2.05) is 21.9 Å². The minimum atomic E-state index is -0.0955. The molecule has 0 saturated carbocycles. The van der Waals surface area contributed by atoms with Crippen molar-refractivity contribution < 1.29 is 14.3 Å². The van der Waals surface area contributed by atoms with E-state index in [0.29, 0.717) is 19.1 Å². The maximum Gasteiger partial charge on any atom is 0.320 e. The van der Waals surface area contributed by atoms with E-state index in [4.69, 9.17) is 16.3 Å². The summed E-state index contributed by atoms with van der Waals surface area (Å²) >= 11 is 6.31. The topological polar surface area (TPSA) is 65.1 Å². The van der Waals surface area contributed by atoms with E-state index in [9.17, 15) is 9.59 Å². The number of morpholine rings is 1. The van der Waals surface area contributed by atoms with Crippen molar-refractivity contribution in [3.05, 3.63) is 34.3 Å². The highest BCUT2D eigenvalue weighted by molar-refractivity contribution is 6.31. The van der Waals surface area contributed by atoms with Crippen LogP contribution < -0.4 is 5.32 Å². The van der Waals surface area contributed by atoms with E-state index in [-0.39, 0.29) is 30.7 Å². The lowest BCUT2D eigenvalue weighted by Crippen LogP contribution is -2.66. The number of nitrogens with one attached hydrogen (secondary N) is 1. The van der Waals surface area contributed by atoms with Crippen LogP contribution in [0.15, 0.2) is 18.2 Å². The maximum atomic E-state index is 12.8. The molecule has 3 fully saturated rings. The molecule has 3 amide bonds. The fraction of sp³-hybridized carbons (Fsp3) is 0.579. The van der Waals surface area contributed by atoms with Crippen LogP contribution in [-0.4, -0.2) is 77.6 Å². The summed E-state index contributed by atoms with van der Waals surface area (Å²) in [4.78, 5) is 30.5. The molecule has 4 heterocycles. The second-order valence-corrected chi connectivity index (χ2v) is 8.29. The molecule has 0 spiro atoms. The van der Waals surface area contributed by atoms with E-state index in [0.717, 1.165) is 37.6 Å². The van der Waals surface area contributed by atoms with Crippen LogP contribution in [0.3, 0.4) is 0 Å². The van der Waals surface area contributed by atoms with Crippen molar-refractivity contribution in [1.82, 2.24) is 20.0 Å². The number of ether oxygens (including phenoxy) is 1. The highest BCUT2D eigenvalue weighted by Crippen LogP contribution is 2.32. The Kier molecular flexibility index (Phi) is 4.26. The summed E-state index contributed by atoms with van der Waals surface area (Å²) in [7, 11) is 0. The van der Waals surface area contributed by atoms with Crippen LogP contribution in [0.1, 0.15) is 17.5 Å². The van der Waals surface area contributed by atoms with Gasteiger partial charge in [-0.15, -0.1) is 0 Å². The number of hydrogen-bond acceptors (Lipinski definition) is 4. The fourth-order valence-corrected chi connectivity index (χ4v) is 4.83. The highest BCUT2D eigenvalue weighted by Gasteiger charge is 2.42. The van der Waals surface area contributed by atoms with E-state index < -0.39 is 0 Å². The first kappa shape index (κ1) is 17.3. The molecule has 8 heteroatoms. The minimum absolute atomic E-state index is 0.0312. The van der Waals surface area contributed by atoms with Crippen molar-refractivity contribution in [3.63, 3.8) is 0 Å². The largest absolute Gasteiger partial charge is 0.366 e. The Morgan fingerprint density at radius 3 is 2.85 bits per heavy atom. The molecule has 5 rings (SSSR count). The smallest absolute Gasteiger partial charge is 0.320 e. The second kappa shape index (κ2) is 6.65. The van der Waals surface area contributed by atoms with Crippen molar-refractivity contribution in [2.75, 3.05) is 32.8 Å². The zero-order valence-electron chi connectivity index (χ0n) is 15.1. The van der Waals surface area contributed by atoms with E-state index >= 15 is 0 Å². The summed E-state index contributed by atoms with van der Waals surface area (Å²) in [5.41, 5.74) is 2.52. The molecule has 1 N–H and O–H groups in total. The van der Waals surface area contributed by atoms with Gasteiger partial charge in [0.1, 0.15) is 6.61 Å². The molecule has 3 saturated heterocycles. The molecule has 4 aliphatic heterocycles. The maximum absolute atomic E-state index is 12.8. The third kappa shape index (κ3) is 3.07. The molecule has 1 aromatic rings. The van der Waals surface area contributed by atoms with Gasteiger partial charge in [-0.3, -0.25) is 9.69 Å². The molecule has 0 radical (unpaired) electrons. The number of piperidine rings is 1. The Hall–Kier alpha value is -1.83. The molecule has 27 heavy (non-hydrogen) atoms. The van der Waals surface area contributed by atoms with E-state index in [1.54, 1.807) is 0 Å². The molecule has 4 aliphatic rings. The van der Waals surface area contributed by atoms with Crippen LogP contribution in [0.4, 0.5) is 4.79 Å². The lowest BCUT2D eigenvalue weighted by Gasteiger charge is -2.48. The second-order valence-electron chi connectivity index (χ2n) is 7.88. The van der Waals surface area contributed by atoms with Gasteiger partial charge in [-0.1, -0.05) is 23.7 Å². The van der Waals surface area contributed by atoms with Crippen molar-refractivity contribution in [3.8, 4) is 0 Å². The summed E-state index contributed by atoms with van der Waals surface area (Å²) in [6, 6.07) is 6.44. The number of urea groups is 1. The molecule has 0 aliphatic carbocycles. The van der Waals surface area contributed by atoms with Crippen molar-refractivity contribution in [1.29, 1.82) is 0 Å². The Balaban J connectivity index is 1.15. The average molecular weight is 391 g/mol. The monoisotopic (exact) mass is 390 g/mol. The van der Waals surface area contributed by atoms with Crippen LogP contribution in [0.2, 0.25) is 5.02 Å². The first-order valence-corrected chi connectivity index (χ1v) is 9.91. The molecule has 144 valence electrons. The number of nitrogens with zero attached hydrogens (tertiary/aromatic N) is 3. The van der Waals surface area contributed by atoms with Gasteiger partial charge in [0.15, 0.2) is 0 Å². The van der Waals surface area contributed by atoms with Crippen LogP contribution in [-0.2, 0) is 22.6 Å². The van der Waals surface area contributed by atoms with Gasteiger partial charge in [0, 0.05) is 50.3 Å². The summed E-state index contributed by atoms with van der Waals surface area (Å²) in [6.07, 6.45) is 0.803. The summed E-state index contributed by atoms with van der Waals surface area (Å²) < 4.78 is 5.57. The molecular formula is C19H23ClN4O3. The number of likely N-dealkylation sites (tertiary alicyclic amines) is 2. The van der Waals surface area contributed by atoms with Gasteiger partial charge < -0.3 is 19.9 Å². The molecular weight excluding hydrogens is 368 g/mol. The van der Waals surface area contributed by atoms with Crippen molar-refractivity contribution >= 4 is 23.5 Å². The third-order valence-corrected chi connectivity index (χ3v) is 6.55. The zero-order valence-corrected chi connectivity index (χ0v) is 15.8. The van der Waals surface area contributed by atoms with Crippen molar-refractivity contribution in [2.45, 2.75) is 37.7 Å². The molecule has 0 aromatic heterocycles. The molecule has 1 aromatic carbocycles. The first-order chi connectivity index (χ1) is 13.1. The first-order valence-electron chi connectivity index (χ1n) is 9.53. The number of hydrogen-bond donors (Lipinski definition) is 1. The summed E-state index contributed by atoms with van der Waals surface area (Å²) in [6.45, 7) is 4.60. The third-order valence-electron chi connectivity index (χ3n) is 6.19. The van der Waals surface area contributed by atoms with Gasteiger partial charge in [-0.2, -0.15) is 0 Å². The fourth-order valence-electron chi connectivity index (χ4n) is 4.58. The number of fused-ring (bicyclic) bond motifs is 2. The summed E-state index contributed by atoms with van der Waals surface area (Å²) in [5.74, 6) is -0.0955. The Morgan fingerprint density at radius 2 is 2.04 bits per heavy atom. The normalized spacial score (nSPS) is 28.4. The van der Waals surface area contributed by atoms with Crippen LogP contribution in [0, 0.1) is 0 Å². The van der Waals surface area contributed by atoms with E-state index in [2.05, 4.69) is 16.3 Å². The van der Waals surface area contributed by atoms with Gasteiger partial charge in [0.05, 0.1) is 12.1 Å². The van der Waals surface area contributed by atoms with Gasteiger partial charge in [0.2, 0.25) is 5.91 Å². The lowest BCUT2D eigenvalue weighted by molar-refractivity contribution is -0.139. The molecule has 2 unspecified atom stereocenters. The standard InChI is InChI=1S/C19H23ClN4O3/c20-15-3-1-2-12-6-23(9-14(12)15)13-7-24(8-13)19(26)22-5-4-17-16(10-22)21-18(25)11-27-17/h1-3,13,16-17H,4-11H2,(H,21,25). The predicted molar refractivity (Wildman–Crippen MR) is 99.3 cm³/mol. The number of rotatable bonds is 1. The predicted octanol–water partition coefficient (Wildman–Crippen LogP) is 1.05. The van der Waals surface area contributed by atoms with Crippen molar-refractivity contribution in [2.24, 2.45) is 0 Å². The van der Waals surface area contributed by atoms with Gasteiger partial charge in [0.25, 0.3) is 0 Å². The van der Waals surface area contributed by atoms with Gasteiger partial charge in [-0.05, 0) is 23.6 Å². The Morgan fingerprint density at radius 1 is 1.19 bits per heavy atom. The Labute approximate surface area is 163 Å². The number of benzene rings is 1. The molecule has 0 bridgehead atoms. The average Bonchev–Trinajstić information content (AvgIpc) is 3.05. The number of halogens is 1. The summed E-state index contributed by atoms with van der Waals surface area (Å²) in [5, 5.41) is 3.79.